The number of unbranched alkanes of at least 4 members (excludes halogenated alkanes) is 1. The van der Waals surface area contributed by atoms with E-state index in [9.17, 15) is 20.4 Å². The molecule has 0 bridgehead atoms. The van der Waals surface area contributed by atoms with Crippen molar-refractivity contribution in [3.8, 4) is 0 Å². The molecule has 8 atom stereocenters. The number of aliphatic hydroxyl groups is 4. The molecule has 8 unspecified atom stereocenters. The van der Waals surface area contributed by atoms with Gasteiger partial charge in [0.2, 0.25) is 0 Å². The lowest BCUT2D eigenvalue weighted by molar-refractivity contribution is -0.0589. The Bertz CT molecular complexity index is 2910. The van der Waals surface area contributed by atoms with Gasteiger partial charge in [0.25, 0.3) is 0 Å². The van der Waals surface area contributed by atoms with E-state index in [1.54, 1.807) is 0 Å². The number of rotatable bonds is 20. The molecule has 8 aromatic carbocycles. The van der Waals surface area contributed by atoms with Gasteiger partial charge in [-0.3, -0.25) is 0 Å². The van der Waals surface area contributed by atoms with Crippen LogP contribution in [-0.4, -0.2) is 44.8 Å². The van der Waals surface area contributed by atoms with Crippen LogP contribution in [-0.2, 0) is 0 Å². The minimum Gasteiger partial charge on any atom is -0.392 e. The first-order valence-corrected chi connectivity index (χ1v) is 35.2. The van der Waals surface area contributed by atoms with E-state index < -0.39 is 24.4 Å². The smallest absolute Gasteiger partial charge is 0.0677 e. The second kappa shape index (κ2) is 30.8. The van der Waals surface area contributed by atoms with Crippen LogP contribution in [0, 0.1) is 34.5 Å². The van der Waals surface area contributed by atoms with E-state index >= 15 is 0 Å². The van der Waals surface area contributed by atoms with E-state index in [4.69, 9.17) is 0 Å². The first-order valence-electron chi connectivity index (χ1n) is 35.2. The third-order valence-electron chi connectivity index (χ3n) is 23.8. The minimum absolute atomic E-state index is 0.103. The van der Waals surface area contributed by atoms with Crippen LogP contribution in [0.4, 0.5) is 0 Å². The van der Waals surface area contributed by atoms with Crippen molar-refractivity contribution in [1.29, 1.82) is 0 Å². The van der Waals surface area contributed by atoms with Crippen LogP contribution in [0.15, 0.2) is 243 Å². The Hall–Kier alpha value is -6.40. The largest absolute Gasteiger partial charge is 0.392 e. The second-order valence-corrected chi connectivity index (χ2v) is 28.2. The van der Waals surface area contributed by atoms with Gasteiger partial charge in [-0.2, -0.15) is 0 Å². The molecule has 0 radical (unpaired) electrons. The zero-order valence-electron chi connectivity index (χ0n) is 54.4. The van der Waals surface area contributed by atoms with Gasteiger partial charge < -0.3 is 20.4 Å². The molecular formula is C86H104O4. The first-order chi connectivity index (χ1) is 44.1. The highest BCUT2D eigenvalue weighted by Gasteiger charge is 2.55. The zero-order chi connectivity index (χ0) is 62.5. The van der Waals surface area contributed by atoms with Gasteiger partial charge in [-0.15, -0.1) is 0 Å². The zero-order valence-corrected chi connectivity index (χ0v) is 54.4. The van der Waals surface area contributed by atoms with Gasteiger partial charge in [0.05, 0.1) is 24.4 Å². The summed E-state index contributed by atoms with van der Waals surface area (Å²) < 4.78 is 0. The lowest BCUT2D eigenvalue weighted by atomic mass is 9.50. The molecule has 0 aromatic heterocycles. The highest BCUT2D eigenvalue weighted by molar-refractivity contribution is 5.35. The van der Waals surface area contributed by atoms with E-state index in [1.165, 1.54) is 76.6 Å². The average Bonchev–Trinajstić information content (AvgIpc) is 1.59. The van der Waals surface area contributed by atoms with Crippen molar-refractivity contribution in [3.63, 3.8) is 0 Å². The van der Waals surface area contributed by atoms with E-state index in [0.29, 0.717) is 23.7 Å². The highest BCUT2D eigenvalue weighted by atomic mass is 16.3. The van der Waals surface area contributed by atoms with E-state index in [1.807, 2.05) is 0 Å². The van der Waals surface area contributed by atoms with Gasteiger partial charge in [-0.05, 0) is 156 Å². The number of benzene rings is 8. The molecule has 8 aromatic rings. The van der Waals surface area contributed by atoms with Crippen LogP contribution in [0.25, 0.3) is 0 Å². The van der Waals surface area contributed by atoms with Crippen molar-refractivity contribution in [2.45, 2.75) is 202 Å². The molecule has 0 heterocycles. The van der Waals surface area contributed by atoms with Crippen LogP contribution in [0.5, 0.6) is 0 Å². The molecule has 4 heteroatoms. The Morgan fingerprint density at radius 1 is 0.244 bits per heavy atom. The number of hydrogen-bond donors (Lipinski definition) is 4. The summed E-state index contributed by atoms with van der Waals surface area (Å²) in [7, 11) is 0. The fourth-order valence-corrected chi connectivity index (χ4v) is 19.4. The Morgan fingerprint density at radius 3 is 0.578 bits per heavy atom. The molecule has 0 amide bonds. The van der Waals surface area contributed by atoms with E-state index in [-0.39, 0.29) is 58.2 Å². The van der Waals surface area contributed by atoms with Gasteiger partial charge >= 0.3 is 0 Å². The lowest BCUT2D eigenvalue weighted by Crippen LogP contribution is -2.48. The molecule has 4 aliphatic rings. The quantitative estimate of drug-likeness (QED) is 0.0613. The average molecular weight is 1200 g/mol. The van der Waals surface area contributed by atoms with Crippen LogP contribution >= 0.6 is 0 Å². The predicted octanol–water partition coefficient (Wildman–Crippen LogP) is 20.5. The van der Waals surface area contributed by atoms with Crippen molar-refractivity contribution >= 4 is 0 Å². The number of aliphatic hydroxyl groups excluding tert-OH is 4. The molecule has 4 N–H and O–H groups in total. The van der Waals surface area contributed by atoms with Crippen LogP contribution in [0.2, 0.25) is 0 Å². The topological polar surface area (TPSA) is 80.9 Å². The fraction of sp³-hybridized carbons (Fsp3) is 0.442. The molecule has 90 heavy (non-hydrogen) atoms. The molecule has 4 aliphatic carbocycles. The van der Waals surface area contributed by atoms with Gasteiger partial charge in [0.15, 0.2) is 0 Å². The van der Waals surface area contributed by atoms with E-state index in [0.717, 1.165) is 70.6 Å². The molecule has 0 aliphatic heterocycles. The Labute approximate surface area is 541 Å². The fourth-order valence-electron chi connectivity index (χ4n) is 19.4. The summed E-state index contributed by atoms with van der Waals surface area (Å²) in [6.07, 6.45) is 15.9. The first kappa shape index (κ1) is 65.1. The summed E-state index contributed by atoms with van der Waals surface area (Å²) in [4.78, 5) is 0. The Kier molecular flexibility index (Phi) is 22.3. The van der Waals surface area contributed by atoms with Crippen LogP contribution < -0.4 is 0 Å². The van der Waals surface area contributed by atoms with Crippen molar-refractivity contribution in [2.24, 2.45) is 34.5 Å². The third-order valence-corrected chi connectivity index (χ3v) is 23.8. The third kappa shape index (κ3) is 14.1. The molecule has 472 valence electrons. The summed E-state index contributed by atoms with van der Waals surface area (Å²) in [5.41, 5.74) is 10.4. The van der Waals surface area contributed by atoms with Crippen molar-refractivity contribution in [2.75, 3.05) is 0 Å². The second-order valence-electron chi connectivity index (χ2n) is 28.2. The van der Waals surface area contributed by atoms with Crippen molar-refractivity contribution in [1.82, 2.24) is 0 Å². The Balaban J connectivity index is 0.000000185. The molecule has 12 rings (SSSR count). The summed E-state index contributed by atoms with van der Waals surface area (Å²) >= 11 is 0. The van der Waals surface area contributed by atoms with Gasteiger partial charge in [-0.1, -0.05) is 296 Å². The summed E-state index contributed by atoms with van der Waals surface area (Å²) in [5, 5.41) is 48.3. The standard InChI is InChI=1S/2C43H52O2/c1-3-25-43(26-4-2,35-27-37(31-17-9-5-10-18-31)41(44)38(28-35)32-19-11-6-12-20-32)36-29-39(33-21-13-7-14-22-33)42(45)40(30-36)34-23-15-8-16-24-34;1-3-5-26-43(4-2,35-27-37(31-18-10-6-11-19-31)41(44)38(28-35)32-20-12-7-13-21-32)36-29-39(33-22-14-8-15-23-33)42(45)40(30-36)34-24-16-9-17-25-34/h5-24,35-42,44-45H,3-4,25-30H2,1-2H3;6-25,35-42,44-45H,3-5,26-30H2,1-2H3. The normalized spacial score (nSPS) is 29.4. The molecule has 0 spiro atoms. The maximum atomic E-state index is 12.1. The van der Waals surface area contributed by atoms with E-state index in [2.05, 4.69) is 270 Å². The van der Waals surface area contributed by atoms with Gasteiger partial charge in [-0.25, -0.2) is 0 Å². The monoisotopic (exact) mass is 1200 g/mol. The van der Waals surface area contributed by atoms with Crippen molar-refractivity contribution < 1.29 is 20.4 Å². The molecule has 4 fully saturated rings. The predicted molar refractivity (Wildman–Crippen MR) is 373 cm³/mol. The lowest BCUT2D eigenvalue weighted by Gasteiger charge is -2.56. The summed E-state index contributed by atoms with van der Waals surface area (Å²) in [6, 6.07) is 86.4. The molecule has 0 saturated heterocycles. The molecule has 4 saturated carbocycles. The minimum atomic E-state index is -0.408. The van der Waals surface area contributed by atoms with Crippen molar-refractivity contribution in [3.05, 3.63) is 287 Å². The molecular weight excluding hydrogens is 1100 g/mol. The SMILES string of the molecule is CCCC(CCC)(C1CC(c2ccccc2)C(O)C(c2ccccc2)C1)C1CC(c2ccccc2)C(O)C(c2ccccc2)C1.CCCCC(CC)(C1CC(c2ccccc2)C(O)C(c2ccccc2)C1)C1CC(c2ccccc2)C(O)C(c2ccccc2)C1. The molecule has 4 nitrogen and oxygen atoms in total. The maximum absolute atomic E-state index is 12.1. The van der Waals surface area contributed by atoms with Gasteiger partial charge in [0, 0.05) is 47.3 Å². The maximum Gasteiger partial charge on any atom is 0.0677 e. The van der Waals surface area contributed by atoms with Crippen LogP contribution in [0.1, 0.15) is 222 Å². The highest BCUT2D eigenvalue weighted by Crippen LogP contribution is 2.63. The number of hydrogen-bond acceptors (Lipinski definition) is 4. The summed E-state index contributed by atoms with van der Waals surface area (Å²) in [6.45, 7) is 9.50. The summed E-state index contributed by atoms with van der Waals surface area (Å²) in [5.74, 6) is 2.73. The van der Waals surface area contributed by atoms with Crippen LogP contribution in [0.3, 0.4) is 0 Å². The Morgan fingerprint density at radius 2 is 0.422 bits per heavy atom. The van der Waals surface area contributed by atoms with Gasteiger partial charge in [0.1, 0.15) is 0 Å².